The van der Waals surface area contributed by atoms with E-state index in [2.05, 4.69) is 36.1 Å². The molecule has 3 heteroatoms. The van der Waals surface area contributed by atoms with Gasteiger partial charge in [-0.2, -0.15) is 11.8 Å². The molecule has 1 fully saturated rings. The summed E-state index contributed by atoms with van der Waals surface area (Å²) in [5.74, 6) is 1.33. The van der Waals surface area contributed by atoms with E-state index in [1.165, 1.54) is 30.6 Å². The van der Waals surface area contributed by atoms with Crippen LogP contribution in [0, 0.1) is 0 Å². The molecule has 0 aromatic heterocycles. The number of halogens is 1. The highest BCUT2D eigenvalue weighted by Crippen LogP contribution is 2.30. The number of hydrogen-bond acceptors (Lipinski definition) is 2. The van der Waals surface area contributed by atoms with Crippen molar-refractivity contribution < 1.29 is 0 Å². The van der Waals surface area contributed by atoms with Crippen LogP contribution in [-0.2, 0) is 6.42 Å². The molecule has 2 unspecified atom stereocenters. The summed E-state index contributed by atoms with van der Waals surface area (Å²) in [6, 6.07) is 8.91. The average Bonchev–Trinajstić information content (AvgIpc) is 2.90. The maximum atomic E-state index is 5.94. The van der Waals surface area contributed by atoms with Crippen molar-refractivity contribution in [2.45, 2.75) is 43.9 Å². The second-order valence-corrected chi connectivity index (χ2v) is 6.73. The summed E-state index contributed by atoms with van der Waals surface area (Å²) in [5.41, 5.74) is 1.39. The van der Waals surface area contributed by atoms with Gasteiger partial charge in [0.1, 0.15) is 0 Å². The predicted octanol–water partition coefficient (Wildman–Crippen LogP) is 4.15. The van der Waals surface area contributed by atoms with E-state index in [1.54, 1.807) is 0 Å². The van der Waals surface area contributed by atoms with Gasteiger partial charge in [-0.15, -0.1) is 0 Å². The smallest absolute Gasteiger partial charge is 0.0406 e. The first-order valence-electron chi connectivity index (χ1n) is 6.89. The van der Waals surface area contributed by atoms with E-state index < -0.39 is 0 Å². The summed E-state index contributed by atoms with van der Waals surface area (Å²) in [6.07, 6.45) is 5.06. The second-order valence-electron chi connectivity index (χ2n) is 4.94. The van der Waals surface area contributed by atoms with E-state index in [0.717, 1.165) is 23.2 Å². The van der Waals surface area contributed by atoms with Crippen molar-refractivity contribution in [2.24, 2.45) is 0 Å². The van der Waals surface area contributed by atoms with Crippen molar-refractivity contribution >= 4 is 23.4 Å². The molecule has 1 aromatic carbocycles. The van der Waals surface area contributed by atoms with Crippen LogP contribution in [0.25, 0.3) is 0 Å². The molecular weight excluding hydrogens is 262 g/mol. The maximum Gasteiger partial charge on any atom is 0.0406 e. The molecule has 1 N–H and O–H groups in total. The molecule has 2 atom stereocenters. The SMILES string of the molecule is CCCNC(Cc1ccc(Cl)cc1)C1CCCS1. The highest BCUT2D eigenvalue weighted by molar-refractivity contribution is 8.00. The fraction of sp³-hybridized carbons (Fsp3) is 0.600. The number of rotatable bonds is 6. The van der Waals surface area contributed by atoms with Gasteiger partial charge in [0.05, 0.1) is 0 Å². The fourth-order valence-corrected chi connectivity index (χ4v) is 3.98. The van der Waals surface area contributed by atoms with Crippen molar-refractivity contribution in [3.05, 3.63) is 34.9 Å². The highest BCUT2D eigenvalue weighted by atomic mass is 35.5. The Morgan fingerprint density at radius 1 is 1.39 bits per heavy atom. The lowest BCUT2D eigenvalue weighted by Gasteiger charge is -2.24. The van der Waals surface area contributed by atoms with Gasteiger partial charge in [-0.25, -0.2) is 0 Å². The first-order chi connectivity index (χ1) is 8.79. The number of nitrogens with one attached hydrogen (secondary N) is 1. The van der Waals surface area contributed by atoms with Crippen LogP contribution in [0.5, 0.6) is 0 Å². The van der Waals surface area contributed by atoms with Gasteiger partial charge >= 0.3 is 0 Å². The molecule has 18 heavy (non-hydrogen) atoms. The first-order valence-corrected chi connectivity index (χ1v) is 8.31. The minimum absolute atomic E-state index is 0.610. The Morgan fingerprint density at radius 2 is 2.17 bits per heavy atom. The Kier molecular flexibility index (Phi) is 5.87. The van der Waals surface area contributed by atoms with E-state index in [0.29, 0.717) is 6.04 Å². The second kappa shape index (κ2) is 7.42. The Balaban J connectivity index is 1.97. The Bertz CT molecular complexity index is 346. The lowest BCUT2D eigenvalue weighted by Crippen LogP contribution is -2.39. The lowest BCUT2D eigenvalue weighted by atomic mass is 10.0. The summed E-state index contributed by atoms with van der Waals surface area (Å²) < 4.78 is 0. The zero-order valence-corrected chi connectivity index (χ0v) is 12.6. The summed E-state index contributed by atoms with van der Waals surface area (Å²) in [4.78, 5) is 0. The number of thioether (sulfide) groups is 1. The van der Waals surface area contributed by atoms with Gasteiger partial charge in [0.25, 0.3) is 0 Å². The van der Waals surface area contributed by atoms with Crippen molar-refractivity contribution in [3.63, 3.8) is 0 Å². The molecule has 1 aliphatic heterocycles. The third kappa shape index (κ3) is 4.18. The number of hydrogen-bond donors (Lipinski definition) is 1. The molecule has 1 heterocycles. The molecule has 100 valence electrons. The van der Waals surface area contributed by atoms with Gasteiger partial charge in [0, 0.05) is 16.3 Å². The van der Waals surface area contributed by atoms with E-state index >= 15 is 0 Å². The van der Waals surface area contributed by atoms with E-state index in [9.17, 15) is 0 Å². The zero-order chi connectivity index (χ0) is 12.8. The quantitative estimate of drug-likeness (QED) is 0.842. The van der Waals surface area contributed by atoms with Crippen molar-refractivity contribution in [2.75, 3.05) is 12.3 Å². The van der Waals surface area contributed by atoms with E-state index in [4.69, 9.17) is 11.6 Å². The molecule has 1 aromatic rings. The van der Waals surface area contributed by atoms with Crippen LogP contribution in [0.4, 0.5) is 0 Å². The van der Waals surface area contributed by atoms with Crippen molar-refractivity contribution in [1.82, 2.24) is 5.32 Å². The molecule has 2 rings (SSSR count). The first kappa shape index (κ1) is 14.2. The van der Waals surface area contributed by atoms with Gasteiger partial charge in [-0.1, -0.05) is 30.7 Å². The molecule has 1 aliphatic rings. The molecule has 0 bridgehead atoms. The van der Waals surface area contributed by atoms with Crippen LogP contribution in [0.3, 0.4) is 0 Å². The van der Waals surface area contributed by atoms with Gasteiger partial charge in [0.15, 0.2) is 0 Å². The summed E-state index contributed by atoms with van der Waals surface area (Å²) in [7, 11) is 0. The Labute approximate surface area is 120 Å². The highest BCUT2D eigenvalue weighted by Gasteiger charge is 2.25. The average molecular weight is 284 g/mol. The topological polar surface area (TPSA) is 12.0 Å². The predicted molar refractivity (Wildman–Crippen MR) is 82.7 cm³/mol. The van der Waals surface area contributed by atoms with Crippen LogP contribution in [0.15, 0.2) is 24.3 Å². The minimum atomic E-state index is 0.610. The van der Waals surface area contributed by atoms with E-state index in [-0.39, 0.29) is 0 Å². The fourth-order valence-electron chi connectivity index (χ4n) is 2.46. The molecule has 0 spiro atoms. The van der Waals surface area contributed by atoms with Crippen LogP contribution >= 0.6 is 23.4 Å². The molecule has 1 nitrogen and oxygen atoms in total. The van der Waals surface area contributed by atoms with Crippen molar-refractivity contribution in [3.8, 4) is 0 Å². The molecule has 0 saturated carbocycles. The Hall–Kier alpha value is -0.180. The molecule has 1 saturated heterocycles. The monoisotopic (exact) mass is 283 g/mol. The van der Waals surface area contributed by atoms with Gasteiger partial charge in [-0.05, 0) is 55.7 Å². The molecule has 0 aliphatic carbocycles. The third-order valence-electron chi connectivity index (χ3n) is 3.44. The third-order valence-corrected chi connectivity index (χ3v) is 5.21. The van der Waals surface area contributed by atoms with Crippen LogP contribution in [0.2, 0.25) is 5.02 Å². The minimum Gasteiger partial charge on any atom is -0.313 e. The molecular formula is C15H22ClNS. The van der Waals surface area contributed by atoms with Gasteiger partial charge in [0.2, 0.25) is 0 Å². The van der Waals surface area contributed by atoms with Crippen molar-refractivity contribution in [1.29, 1.82) is 0 Å². The summed E-state index contributed by atoms with van der Waals surface area (Å²) >= 11 is 8.07. The standard InChI is InChI=1S/C15H22ClNS/c1-2-9-17-14(15-4-3-10-18-15)11-12-5-7-13(16)8-6-12/h5-8,14-15,17H,2-4,9-11H2,1H3. The summed E-state index contributed by atoms with van der Waals surface area (Å²) in [6.45, 7) is 3.35. The lowest BCUT2D eigenvalue weighted by molar-refractivity contribution is 0.482. The summed E-state index contributed by atoms with van der Waals surface area (Å²) in [5, 5.41) is 5.33. The van der Waals surface area contributed by atoms with Gasteiger partial charge in [-0.3, -0.25) is 0 Å². The molecule has 0 amide bonds. The molecule has 0 radical (unpaired) electrons. The Morgan fingerprint density at radius 3 is 2.78 bits per heavy atom. The number of benzene rings is 1. The zero-order valence-electron chi connectivity index (χ0n) is 11.0. The van der Waals surface area contributed by atoms with Crippen LogP contribution in [0.1, 0.15) is 31.7 Å². The maximum absolute atomic E-state index is 5.94. The van der Waals surface area contributed by atoms with Crippen LogP contribution in [-0.4, -0.2) is 23.6 Å². The van der Waals surface area contributed by atoms with Crippen LogP contribution < -0.4 is 5.32 Å². The largest absolute Gasteiger partial charge is 0.313 e. The normalized spacial score (nSPS) is 21.1. The van der Waals surface area contributed by atoms with Gasteiger partial charge < -0.3 is 5.32 Å². The van der Waals surface area contributed by atoms with E-state index in [1.807, 2.05) is 12.1 Å².